The summed E-state index contributed by atoms with van der Waals surface area (Å²) in [4.78, 5) is 24.3. The maximum Gasteiger partial charge on any atom is 0.314 e. The predicted molar refractivity (Wildman–Crippen MR) is 84.6 cm³/mol. The van der Waals surface area contributed by atoms with Crippen LogP contribution in [0, 0.1) is 11.8 Å². The minimum atomic E-state index is -0.840. The zero-order valence-corrected chi connectivity index (χ0v) is 13.0. The van der Waals surface area contributed by atoms with Gasteiger partial charge in [0, 0.05) is 0 Å². The molecule has 0 spiro atoms. The Morgan fingerprint density at radius 3 is 2.74 bits per heavy atom. The molecule has 0 radical (unpaired) electrons. The zero-order valence-electron chi connectivity index (χ0n) is 13.0. The minimum absolute atomic E-state index is 0.204. The van der Waals surface area contributed by atoms with Gasteiger partial charge in [-0.1, -0.05) is 36.4 Å². The Bertz CT molecular complexity index is 797. The number of hydrogen-bond acceptors (Lipinski definition) is 4. The maximum absolute atomic E-state index is 12.4. The summed E-state index contributed by atoms with van der Waals surface area (Å²) in [6.45, 7) is 2.13. The van der Waals surface area contributed by atoms with Crippen molar-refractivity contribution in [2.24, 2.45) is 11.8 Å². The van der Waals surface area contributed by atoms with E-state index in [0.717, 1.165) is 16.3 Å². The van der Waals surface area contributed by atoms with Crippen LogP contribution in [0.15, 0.2) is 42.5 Å². The van der Waals surface area contributed by atoms with E-state index in [9.17, 15) is 9.59 Å². The van der Waals surface area contributed by atoms with Crippen molar-refractivity contribution in [3.05, 3.63) is 48.0 Å². The second-order valence-electron chi connectivity index (χ2n) is 6.21. The standard InChI is InChI=1S/C19H18O4/c1-2-22-17(20)15-9-10-16-18(21)23-19(15,16)14-8-7-12-5-3-4-6-13(12)11-14/h3-8,11,15-16H,2,9-10H2,1H3/t15-,16-,19-/m0/s1. The van der Waals surface area contributed by atoms with Gasteiger partial charge >= 0.3 is 11.9 Å². The summed E-state index contributed by atoms with van der Waals surface area (Å²) >= 11 is 0. The summed E-state index contributed by atoms with van der Waals surface area (Å²) in [6.07, 6.45) is 1.30. The van der Waals surface area contributed by atoms with Crippen molar-refractivity contribution in [2.45, 2.75) is 25.4 Å². The molecule has 23 heavy (non-hydrogen) atoms. The maximum atomic E-state index is 12.4. The van der Waals surface area contributed by atoms with Gasteiger partial charge in [0.05, 0.1) is 6.61 Å². The zero-order chi connectivity index (χ0) is 16.0. The number of esters is 2. The molecule has 0 N–H and O–H groups in total. The summed E-state index contributed by atoms with van der Waals surface area (Å²) in [5.74, 6) is -1.12. The van der Waals surface area contributed by atoms with E-state index in [-0.39, 0.29) is 17.9 Å². The molecule has 1 saturated carbocycles. The van der Waals surface area contributed by atoms with Crippen LogP contribution >= 0.6 is 0 Å². The summed E-state index contributed by atoms with van der Waals surface area (Å²) in [6, 6.07) is 14.1. The molecule has 2 aliphatic rings. The fourth-order valence-corrected chi connectivity index (χ4v) is 4.05. The molecule has 4 rings (SSSR count). The van der Waals surface area contributed by atoms with Gasteiger partial charge in [-0.05, 0) is 42.2 Å². The van der Waals surface area contributed by atoms with Crippen LogP contribution in [0.4, 0.5) is 0 Å². The monoisotopic (exact) mass is 310 g/mol. The molecule has 1 saturated heterocycles. The lowest BCUT2D eigenvalue weighted by molar-refractivity contribution is -0.221. The van der Waals surface area contributed by atoms with E-state index < -0.39 is 11.5 Å². The molecule has 4 nitrogen and oxygen atoms in total. The van der Waals surface area contributed by atoms with E-state index in [2.05, 4.69) is 0 Å². The molecule has 4 heteroatoms. The Labute approximate surface area is 134 Å². The Balaban J connectivity index is 1.81. The molecular weight excluding hydrogens is 292 g/mol. The van der Waals surface area contributed by atoms with E-state index in [4.69, 9.17) is 9.47 Å². The highest BCUT2D eigenvalue weighted by Gasteiger charge is 2.67. The highest BCUT2D eigenvalue weighted by Crippen LogP contribution is 2.58. The van der Waals surface area contributed by atoms with Crippen LogP contribution in [-0.4, -0.2) is 18.5 Å². The van der Waals surface area contributed by atoms with Crippen LogP contribution in [0.2, 0.25) is 0 Å². The van der Waals surface area contributed by atoms with Gasteiger partial charge in [0.1, 0.15) is 11.8 Å². The summed E-state index contributed by atoms with van der Waals surface area (Å²) in [7, 11) is 0. The Hall–Kier alpha value is -2.36. The lowest BCUT2D eigenvalue weighted by Crippen LogP contribution is -2.56. The van der Waals surface area contributed by atoms with Gasteiger partial charge < -0.3 is 9.47 Å². The number of rotatable bonds is 3. The third kappa shape index (κ3) is 1.90. The molecule has 118 valence electrons. The Kier molecular flexibility index (Phi) is 3.15. The van der Waals surface area contributed by atoms with Gasteiger partial charge in [0.2, 0.25) is 0 Å². The summed E-state index contributed by atoms with van der Waals surface area (Å²) in [5.41, 5.74) is 0.0595. The fraction of sp³-hybridized carbons (Fsp3) is 0.368. The Morgan fingerprint density at radius 1 is 1.22 bits per heavy atom. The molecule has 1 aliphatic carbocycles. The predicted octanol–water partition coefficient (Wildman–Crippen LogP) is 3.18. The number of benzene rings is 2. The average molecular weight is 310 g/mol. The fourth-order valence-electron chi connectivity index (χ4n) is 4.05. The van der Waals surface area contributed by atoms with Crippen LogP contribution in [0.25, 0.3) is 10.8 Å². The highest BCUT2D eigenvalue weighted by atomic mass is 16.6. The van der Waals surface area contributed by atoms with E-state index in [1.54, 1.807) is 6.92 Å². The van der Waals surface area contributed by atoms with Gasteiger partial charge in [-0.25, -0.2) is 0 Å². The highest BCUT2D eigenvalue weighted by molar-refractivity contribution is 5.89. The van der Waals surface area contributed by atoms with Gasteiger partial charge in [0.25, 0.3) is 0 Å². The molecule has 0 bridgehead atoms. The van der Waals surface area contributed by atoms with Crippen molar-refractivity contribution in [1.29, 1.82) is 0 Å². The minimum Gasteiger partial charge on any atom is -0.466 e. The molecule has 0 aromatic heterocycles. The van der Waals surface area contributed by atoms with Gasteiger partial charge in [-0.15, -0.1) is 0 Å². The van der Waals surface area contributed by atoms with Crippen molar-refractivity contribution in [3.8, 4) is 0 Å². The van der Waals surface area contributed by atoms with Crippen LogP contribution in [0.5, 0.6) is 0 Å². The smallest absolute Gasteiger partial charge is 0.314 e. The summed E-state index contributed by atoms with van der Waals surface area (Å²) in [5, 5.41) is 2.20. The number of carbonyl (C=O) groups excluding carboxylic acids is 2. The van der Waals surface area contributed by atoms with Crippen molar-refractivity contribution in [1.82, 2.24) is 0 Å². The lowest BCUT2D eigenvalue weighted by Gasteiger charge is -2.46. The third-order valence-electron chi connectivity index (χ3n) is 5.11. The lowest BCUT2D eigenvalue weighted by atomic mass is 9.73. The van der Waals surface area contributed by atoms with Crippen LogP contribution in [0.3, 0.4) is 0 Å². The molecule has 2 aromatic rings. The quantitative estimate of drug-likeness (QED) is 0.817. The first-order valence-corrected chi connectivity index (χ1v) is 8.05. The first-order valence-electron chi connectivity index (χ1n) is 8.05. The molecule has 1 aliphatic heterocycles. The molecule has 2 aromatic carbocycles. The van der Waals surface area contributed by atoms with E-state index in [1.807, 2.05) is 42.5 Å². The van der Waals surface area contributed by atoms with Gasteiger partial charge in [-0.3, -0.25) is 9.59 Å². The van der Waals surface area contributed by atoms with Crippen molar-refractivity contribution < 1.29 is 19.1 Å². The van der Waals surface area contributed by atoms with Crippen molar-refractivity contribution in [2.75, 3.05) is 6.61 Å². The van der Waals surface area contributed by atoms with Crippen LogP contribution in [0.1, 0.15) is 25.3 Å². The summed E-state index contributed by atoms with van der Waals surface area (Å²) < 4.78 is 10.8. The van der Waals surface area contributed by atoms with Crippen LogP contribution < -0.4 is 0 Å². The number of fused-ring (bicyclic) bond motifs is 2. The molecule has 0 amide bonds. The average Bonchev–Trinajstić information content (AvgIpc) is 2.88. The SMILES string of the molecule is CCOC(=O)[C@@H]1CC[C@H]2C(=O)O[C@@]12c1ccc2ccccc2c1. The van der Waals surface area contributed by atoms with Crippen molar-refractivity contribution in [3.63, 3.8) is 0 Å². The van der Waals surface area contributed by atoms with E-state index >= 15 is 0 Å². The van der Waals surface area contributed by atoms with E-state index in [0.29, 0.717) is 19.4 Å². The van der Waals surface area contributed by atoms with Crippen LogP contribution in [-0.2, 0) is 24.7 Å². The third-order valence-corrected chi connectivity index (χ3v) is 5.11. The van der Waals surface area contributed by atoms with Crippen molar-refractivity contribution >= 4 is 22.7 Å². The first kappa shape index (κ1) is 14.2. The molecule has 0 unspecified atom stereocenters. The van der Waals surface area contributed by atoms with Gasteiger partial charge in [0.15, 0.2) is 5.60 Å². The molecule has 2 fully saturated rings. The normalized spacial score (nSPS) is 28.8. The Morgan fingerprint density at radius 2 is 2.00 bits per heavy atom. The van der Waals surface area contributed by atoms with E-state index in [1.165, 1.54) is 0 Å². The molecule has 3 atom stereocenters. The topological polar surface area (TPSA) is 52.6 Å². The number of carbonyl (C=O) groups is 2. The largest absolute Gasteiger partial charge is 0.466 e. The molecular formula is C19H18O4. The second kappa shape index (κ2) is 5.08. The first-order chi connectivity index (χ1) is 11.2. The number of hydrogen-bond donors (Lipinski definition) is 0. The number of ether oxygens (including phenoxy) is 2. The molecule has 1 heterocycles. The van der Waals surface area contributed by atoms with Gasteiger partial charge in [-0.2, -0.15) is 0 Å². The second-order valence-corrected chi connectivity index (χ2v) is 6.21.